The largest absolute Gasteiger partial charge is 0.366 e. The molecule has 0 radical (unpaired) electrons. The average molecular weight is 332 g/mol. The molecule has 116 valence electrons. The molecule has 0 spiro atoms. The predicted octanol–water partition coefficient (Wildman–Crippen LogP) is 0.158. The van der Waals surface area contributed by atoms with Gasteiger partial charge in [-0.3, -0.25) is 9.59 Å². The molecule has 0 aliphatic carbocycles. The standard InChI is InChI=1S/C13H17N3O3S.ClH/c17-12-11(10-2-1-7-20-10)16(5-3-15-12)13(18)9-8-14-4-6-19-9;/h1-2,7,9,11,14H,3-6,8H2,(H,15,17);1H. The molecule has 2 atom stereocenters. The van der Waals surface area contributed by atoms with Crippen molar-refractivity contribution in [1.29, 1.82) is 0 Å². The fraction of sp³-hybridized carbons (Fsp3) is 0.538. The van der Waals surface area contributed by atoms with Crippen LogP contribution < -0.4 is 10.6 Å². The molecule has 1 aromatic heterocycles. The minimum Gasteiger partial charge on any atom is -0.366 e. The van der Waals surface area contributed by atoms with Crippen LogP contribution in [0.2, 0.25) is 0 Å². The van der Waals surface area contributed by atoms with Crippen LogP contribution in [-0.2, 0) is 14.3 Å². The lowest BCUT2D eigenvalue weighted by Gasteiger charge is -2.37. The van der Waals surface area contributed by atoms with Gasteiger partial charge in [-0.25, -0.2) is 0 Å². The summed E-state index contributed by atoms with van der Waals surface area (Å²) in [7, 11) is 0. The Kier molecular flexibility index (Phi) is 5.58. The maximum atomic E-state index is 12.6. The number of nitrogens with zero attached hydrogens (tertiary/aromatic N) is 1. The zero-order valence-corrected chi connectivity index (χ0v) is 13.0. The van der Waals surface area contributed by atoms with Crippen LogP contribution in [0, 0.1) is 0 Å². The first-order chi connectivity index (χ1) is 9.77. The van der Waals surface area contributed by atoms with E-state index in [4.69, 9.17) is 4.74 Å². The number of thiophene rings is 1. The van der Waals surface area contributed by atoms with Crippen LogP contribution in [0.1, 0.15) is 10.9 Å². The van der Waals surface area contributed by atoms with E-state index in [9.17, 15) is 9.59 Å². The maximum absolute atomic E-state index is 12.6. The van der Waals surface area contributed by atoms with E-state index >= 15 is 0 Å². The Morgan fingerprint density at radius 1 is 1.43 bits per heavy atom. The van der Waals surface area contributed by atoms with E-state index in [1.807, 2.05) is 17.5 Å². The highest BCUT2D eigenvalue weighted by molar-refractivity contribution is 7.10. The van der Waals surface area contributed by atoms with Gasteiger partial charge in [0, 0.05) is 31.1 Å². The molecule has 6 nitrogen and oxygen atoms in total. The van der Waals surface area contributed by atoms with E-state index in [0.717, 1.165) is 11.4 Å². The molecule has 3 heterocycles. The summed E-state index contributed by atoms with van der Waals surface area (Å²) in [6.45, 7) is 2.81. The number of piperazine rings is 1. The third kappa shape index (κ3) is 3.37. The minimum atomic E-state index is -0.526. The highest BCUT2D eigenvalue weighted by atomic mass is 35.5. The molecule has 2 unspecified atom stereocenters. The second-order valence-electron chi connectivity index (χ2n) is 4.80. The Hall–Kier alpha value is -1.15. The third-order valence-electron chi connectivity index (χ3n) is 3.51. The van der Waals surface area contributed by atoms with Crippen molar-refractivity contribution in [3.8, 4) is 0 Å². The van der Waals surface area contributed by atoms with Crippen LogP contribution in [0.4, 0.5) is 0 Å². The van der Waals surface area contributed by atoms with Gasteiger partial charge in [0.1, 0.15) is 12.1 Å². The van der Waals surface area contributed by atoms with Crippen molar-refractivity contribution < 1.29 is 14.3 Å². The topological polar surface area (TPSA) is 70.7 Å². The van der Waals surface area contributed by atoms with Crippen molar-refractivity contribution in [2.75, 3.05) is 32.8 Å². The van der Waals surface area contributed by atoms with E-state index in [0.29, 0.717) is 26.2 Å². The summed E-state index contributed by atoms with van der Waals surface area (Å²) >= 11 is 1.49. The number of amides is 2. The molecular formula is C13H18ClN3O3S. The van der Waals surface area contributed by atoms with Gasteiger partial charge in [0.15, 0.2) is 0 Å². The molecule has 0 saturated carbocycles. The number of hydrogen-bond donors (Lipinski definition) is 2. The monoisotopic (exact) mass is 331 g/mol. The van der Waals surface area contributed by atoms with Gasteiger partial charge in [-0.15, -0.1) is 23.7 Å². The van der Waals surface area contributed by atoms with Crippen molar-refractivity contribution in [2.24, 2.45) is 0 Å². The normalized spacial score (nSPS) is 25.9. The van der Waals surface area contributed by atoms with Crippen molar-refractivity contribution in [3.05, 3.63) is 22.4 Å². The van der Waals surface area contributed by atoms with Crippen molar-refractivity contribution >= 4 is 35.6 Å². The van der Waals surface area contributed by atoms with Gasteiger partial charge in [-0.05, 0) is 11.4 Å². The predicted molar refractivity (Wildman–Crippen MR) is 81.6 cm³/mol. The summed E-state index contributed by atoms with van der Waals surface area (Å²) in [6.07, 6.45) is -0.489. The molecule has 3 rings (SSSR count). The lowest BCUT2D eigenvalue weighted by molar-refractivity contribution is -0.153. The molecule has 8 heteroatoms. The molecule has 2 aliphatic rings. The third-order valence-corrected chi connectivity index (χ3v) is 4.44. The Morgan fingerprint density at radius 3 is 2.95 bits per heavy atom. The Bertz CT molecular complexity index is 491. The minimum absolute atomic E-state index is 0. The van der Waals surface area contributed by atoms with E-state index < -0.39 is 12.1 Å². The average Bonchev–Trinajstić information content (AvgIpc) is 3.01. The van der Waals surface area contributed by atoms with Gasteiger partial charge in [0.05, 0.1) is 6.61 Å². The second-order valence-corrected chi connectivity index (χ2v) is 5.78. The number of morpholine rings is 1. The van der Waals surface area contributed by atoms with Crippen LogP contribution >= 0.6 is 23.7 Å². The number of carbonyl (C=O) groups excluding carboxylic acids is 2. The van der Waals surface area contributed by atoms with Gasteiger partial charge < -0.3 is 20.3 Å². The molecule has 1 aromatic rings. The number of carbonyl (C=O) groups is 2. The van der Waals surface area contributed by atoms with E-state index in [-0.39, 0.29) is 24.2 Å². The van der Waals surface area contributed by atoms with Gasteiger partial charge >= 0.3 is 0 Å². The van der Waals surface area contributed by atoms with Gasteiger partial charge in [-0.2, -0.15) is 0 Å². The van der Waals surface area contributed by atoms with Crippen molar-refractivity contribution in [3.63, 3.8) is 0 Å². The molecule has 21 heavy (non-hydrogen) atoms. The molecule has 0 bridgehead atoms. The maximum Gasteiger partial charge on any atom is 0.254 e. The first-order valence-corrected chi connectivity index (χ1v) is 7.59. The zero-order chi connectivity index (χ0) is 13.9. The molecule has 2 saturated heterocycles. The van der Waals surface area contributed by atoms with E-state index in [1.54, 1.807) is 4.90 Å². The molecule has 2 N–H and O–H groups in total. The van der Waals surface area contributed by atoms with Crippen LogP contribution in [0.25, 0.3) is 0 Å². The number of nitrogens with one attached hydrogen (secondary N) is 2. The lowest BCUT2D eigenvalue weighted by Crippen LogP contribution is -2.57. The lowest BCUT2D eigenvalue weighted by atomic mass is 10.1. The van der Waals surface area contributed by atoms with Crippen molar-refractivity contribution in [2.45, 2.75) is 12.1 Å². The molecule has 0 aromatic carbocycles. The fourth-order valence-electron chi connectivity index (χ4n) is 2.54. The Morgan fingerprint density at radius 2 is 2.29 bits per heavy atom. The van der Waals surface area contributed by atoms with Crippen LogP contribution in [0.3, 0.4) is 0 Å². The van der Waals surface area contributed by atoms with Gasteiger partial charge in [0.25, 0.3) is 5.91 Å². The fourth-order valence-corrected chi connectivity index (χ4v) is 3.38. The molecular weight excluding hydrogens is 314 g/mol. The highest BCUT2D eigenvalue weighted by Gasteiger charge is 2.38. The number of halogens is 1. The highest BCUT2D eigenvalue weighted by Crippen LogP contribution is 2.28. The Labute approximate surface area is 133 Å². The van der Waals surface area contributed by atoms with Crippen LogP contribution in [-0.4, -0.2) is 55.6 Å². The summed E-state index contributed by atoms with van der Waals surface area (Å²) in [5.41, 5.74) is 0. The van der Waals surface area contributed by atoms with E-state index in [2.05, 4.69) is 10.6 Å². The number of rotatable bonds is 2. The SMILES string of the molecule is Cl.O=C1NCCN(C(=O)C2CNCCO2)C1c1cccs1. The summed E-state index contributed by atoms with van der Waals surface area (Å²) in [4.78, 5) is 27.3. The number of ether oxygens (including phenoxy) is 1. The second kappa shape index (κ2) is 7.22. The van der Waals surface area contributed by atoms with Crippen LogP contribution in [0.5, 0.6) is 0 Å². The van der Waals surface area contributed by atoms with E-state index in [1.165, 1.54) is 11.3 Å². The molecule has 2 amide bonds. The van der Waals surface area contributed by atoms with Crippen LogP contribution in [0.15, 0.2) is 17.5 Å². The summed E-state index contributed by atoms with van der Waals surface area (Å²) in [5.74, 6) is -0.221. The number of hydrogen-bond acceptors (Lipinski definition) is 5. The van der Waals surface area contributed by atoms with Gasteiger partial charge in [0.2, 0.25) is 5.91 Å². The Balaban J connectivity index is 0.00000161. The summed E-state index contributed by atoms with van der Waals surface area (Å²) in [6, 6.07) is 3.26. The molecule has 2 aliphatic heterocycles. The quantitative estimate of drug-likeness (QED) is 0.810. The summed E-state index contributed by atoms with van der Waals surface area (Å²) in [5, 5.41) is 7.89. The smallest absolute Gasteiger partial charge is 0.254 e. The summed E-state index contributed by atoms with van der Waals surface area (Å²) < 4.78 is 5.51. The first kappa shape index (κ1) is 16.2. The molecule has 2 fully saturated rings. The zero-order valence-electron chi connectivity index (χ0n) is 11.4. The first-order valence-electron chi connectivity index (χ1n) is 6.71. The van der Waals surface area contributed by atoms with Crippen molar-refractivity contribution in [1.82, 2.24) is 15.5 Å². The van der Waals surface area contributed by atoms with Gasteiger partial charge in [-0.1, -0.05) is 6.07 Å².